The molecule has 0 aliphatic carbocycles. The number of fused-ring (bicyclic) bond motifs is 2. The number of rotatable bonds is 4. The summed E-state index contributed by atoms with van der Waals surface area (Å²) >= 11 is 1.55. The van der Waals surface area contributed by atoms with Gasteiger partial charge in [0.1, 0.15) is 0 Å². The SMILES string of the molecule is O=C(CCc1nc2ccccc2s1)Nc1ccc2c(c1)OC(F)(F)O2. The molecule has 0 saturated heterocycles. The number of halogens is 2. The Morgan fingerprint density at radius 3 is 2.80 bits per heavy atom. The molecule has 2 heterocycles. The highest BCUT2D eigenvalue weighted by Crippen LogP contribution is 2.42. The number of carbonyl (C=O) groups is 1. The predicted molar refractivity (Wildman–Crippen MR) is 89.2 cm³/mol. The van der Waals surface area contributed by atoms with Crippen molar-refractivity contribution >= 4 is 33.1 Å². The summed E-state index contributed by atoms with van der Waals surface area (Å²) in [6, 6.07) is 11.9. The van der Waals surface area contributed by atoms with E-state index in [-0.39, 0.29) is 23.8 Å². The number of anilines is 1. The van der Waals surface area contributed by atoms with Crippen LogP contribution in [0.2, 0.25) is 0 Å². The molecule has 0 unspecified atom stereocenters. The van der Waals surface area contributed by atoms with Crippen LogP contribution in [0.5, 0.6) is 11.5 Å². The van der Waals surface area contributed by atoms with E-state index in [2.05, 4.69) is 19.8 Å². The summed E-state index contributed by atoms with van der Waals surface area (Å²) in [5, 5.41) is 3.54. The fourth-order valence-electron chi connectivity index (χ4n) is 2.50. The molecule has 3 aromatic rings. The first-order valence-electron chi connectivity index (χ1n) is 7.53. The van der Waals surface area contributed by atoms with Crippen molar-refractivity contribution in [2.45, 2.75) is 19.1 Å². The van der Waals surface area contributed by atoms with Gasteiger partial charge in [0, 0.05) is 24.6 Å². The van der Waals surface area contributed by atoms with E-state index >= 15 is 0 Å². The predicted octanol–water partition coefficient (Wildman–Crippen LogP) is 4.19. The van der Waals surface area contributed by atoms with Crippen LogP contribution >= 0.6 is 11.3 Å². The molecule has 2 aromatic carbocycles. The van der Waals surface area contributed by atoms with Crippen molar-refractivity contribution in [1.29, 1.82) is 0 Å². The Hall–Kier alpha value is -2.74. The zero-order valence-corrected chi connectivity index (χ0v) is 13.6. The minimum absolute atomic E-state index is 0.0579. The van der Waals surface area contributed by atoms with Crippen molar-refractivity contribution in [2.24, 2.45) is 0 Å². The highest BCUT2D eigenvalue weighted by molar-refractivity contribution is 7.18. The van der Waals surface area contributed by atoms with E-state index in [0.29, 0.717) is 12.1 Å². The van der Waals surface area contributed by atoms with Crippen molar-refractivity contribution in [3.05, 3.63) is 47.5 Å². The lowest BCUT2D eigenvalue weighted by Gasteiger charge is -2.05. The van der Waals surface area contributed by atoms with Crippen LogP contribution in [-0.4, -0.2) is 17.2 Å². The number of hydrogen-bond acceptors (Lipinski definition) is 5. The normalized spacial score (nSPS) is 14.6. The average Bonchev–Trinajstić information content (AvgIpc) is 3.11. The molecule has 0 atom stereocenters. The van der Waals surface area contributed by atoms with E-state index in [1.807, 2.05) is 24.3 Å². The molecule has 1 aromatic heterocycles. The molecule has 1 N–H and O–H groups in total. The van der Waals surface area contributed by atoms with Gasteiger partial charge in [0.05, 0.1) is 15.2 Å². The first kappa shape index (κ1) is 15.8. The van der Waals surface area contributed by atoms with Crippen LogP contribution in [0.4, 0.5) is 14.5 Å². The van der Waals surface area contributed by atoms with E-state index in [1.165, 1.54) is 18.2 Å². The Morgan fingerprint density at radius 1 is 1.16 bits per heavy atom. The fourth-order valence-corrected chi connectivity index (χ4v) is 3.46. The third-order valence-electron chi connectivity index (χ3n) is 3.59. The van der Waals surface area contributed by atoms with Crippen molar-refractivity contribution in [3.63, 3.8) is 0 Å². The summed E-state index contributed by atoms with van der Waals surface area (Å²) < 4.78 is 35.7. The van der Waals surface area contributed by atoms with Crippen molar-refractivity contribution in [3.8, 4) is 11.5 Å². The second kappa shape index (κ2) is 5.96. The Labute approximate surface area is 145 Å². The molecule has 1 aliphatic heterocycles. The zero-order valence-electron chi connectivity index (χ0n) is 12.8. The van der Waals surface area contributed by atoms with Gasteiger partial charge in [-0.15, -0.1) is 20.1 Å². The Morgan fingerprint density at radius 2 is 1.96 bits per heavy atom. The van der Waals surface area contributed by atoms with Crippen molar-refractivity contribution in [2.75, 3.05) is 5.32 Å². The number of aromatic nitrogens is 1. The topological polar surface area (TPSA) is 60.5 Å². The molecule has 0 fully saturated rings. The van der Waals surface area contributed by atoms with Gasteiger partial charge in [-0.2, -0.15) is 0 Å². The van der Waals surface area contributed by atoms with Crippen LogP contribution in [0.25, 0.3) is 10.2 Å². The maximum Gasteiger partial charge on any atom is 0.586 e. The molecule has 4 rings (SSSR count). The van der Waals surface area contributed by atoms with Gasteiger partial charge < -0.3 is 14.8 Å². The number of carbonyl (C=O) groups excluding carboxylic acids is 1. The molecule has 0 bridgehead atoms. The number of thiazole rings is 1. The Bertz CT molecular complexity index is 925. The van der Waals surface area contributed by atoms with Crippen LogP contribution in [0.15, 0.2) is 42.5 Å². The number of ether oxygens (including phenoxy) is 2. The van der Waals surface area contributed by atoms with E-state index < -0.39 is 6.29 Å². The number of aryl methyl sites for hydroxylation is 1. The molecule has 25 heavy (non-hydrogen) atoms. The molecule has 1 amide bonds. The molecule has 5 nitrogen and oxygen atoms in total. The molecule has 0 saturated carbocycles. The first-order valence-corrected chi connectivity index (χ1v) is 8.34. The number of alkyl halides is 2. The lowest BCUT2D eigenvalue weighted by atomic mass is 10.2. The number of para-hydroxylation sites is 1. The summed E-state index contributed by atoms with van der Waals surface area (Å²) in [5.74, 6) is -0.392. The quantitative estimate of drug-likeness (QED) is 0.756. The lowest BCUT2D eigenvalue weighted by molar-refractivity contribution is -0.286. The van der Waals surface area contributed by atoms with Crippen LogP contribution in [-0.2, 0) is 11.2 Å². The Kier molecular flexibility index (Phi) is 3.76. The van der Waals surface area contributed by atoms with Crippen LogP contribution in [0.3, 0.4) is 0 Å². The van der Waals surface area contributed by atoms with E-state index in [9.17, 15) is 13.6 Å². The number of nitrogens with one attached hydrogen (secondary N) is 1. The highest BCUT2D eigenvalue weighted by Gasteiger charge is 2.43. The first-order chi connectivity index (χ1) is 12.0. The number of amides is 1. The van der Waals surface area contributed by atoms with E-state index in [4.69, 9.17) is 0 Å². The van der Waals surface area contributed by atoms with Gasteiger partial charge in [-0.05, 0) is 24.3 Å². The zero-order chi connectivity index (χ0) is 17.4. The van der Waals surface area contributed by atoms with Gasteiger partial charge in [-0.25, -0.2) is 4.98 Å². The summed E-state index contributed by atoms with van der Waals surface area (Å²) in [4.78, 5) is 16.5. The summed E-state index contributed by atoms with van der Waals surface area (Å²) in [7, 11) is 0. The second-order valence-corrected chi connectivity index (χ2v) is 6.57. The molecule has 0 spiro atoms. The van der Waals surface area contributed by atoms with Gasteiger partial charge in [0.15, 0.2) is 11.5 Å². The summed E-state index contributed by atoms with van der Waals surface area (Å²) in [5.41, 5.74) is 1.29. The smallest absolute Gasteiger partial charge is 0.395 e. The second-order valence-electron chi connectivity index (χ2n) is 5.45. The summed E-state index contributed by atoms with van der Waals surface area (Å²) in [6.07, 6.45) is -2.92. The number of hydrogen-bond donors (Lipinski definition) is 1. The highest BCUT2D eigenvalue weighted by atomic mass is 32.1. The standard InChI is InChI=1S/C17H12F2N2O3S/c18-17(19)23-12-6-5-10(9-13(12)24-17)20-15(22)7-8-16-21-11-3-1-2-4-14(11)25-16/h1-6,9H,7-8H2,(H,20,22). The minimum Gasteiger partial charge on any atom is -0.395 e. The maximum atomic E-state index is 13.0. The van der Waals surface area contributed by atoms with Crippen LogP contribution < -0.4 is 14.8 Å². The third kappa shape index (κ3) is 3.39. The van der Waals surface area contributed by atoms with Gasteiger partial charge in [-0.3, -0.25) is 4.79 Å². The van der Waals surface area contributed by atoms with Gasteiger partial charge in [0.25, 0.3) is 0 Å². The number of nitrogens with zero attached hydrogens (tertiary/aromatic N) is 1. The molecular weight excluding hydrogens is 350 g/mol. The molecule has 0 radical (unpaired) electrons. The summed E-state index contributed by atoms with van der Waals surface area (Å²) in [6.45, 7) is 0. The van der Waals surface area contributed by atoms with Gasteiger partial charge >= 0.3 is 6.29 Å². The number of benzene rings is 2. The lowest BCUT2D eigenvalue weighted by Crippen LogP contribution is -2.25. The molecular formula is C17H12F2N2O3S. The maximum absolute atomic E-state index is 13.0. The third-order valence-corrected chi connectivity index (χ3v) is 4.69. The molecule has 8 heteroatoms. The fraction of sp³-hybridized carbons (Fsp3) is 0.176. The van der Waals surface area contributed by atoms with Crippen LogP contribution in [0.1, 0.15) is 11.4 Å². The van der Waals surface area contributed by atoms with Gasteiger partial charge in [-0.1, -0.05) is 12.1 Å². The van der Waals surface area contributed by atoms with E-state index in [1.54, 1.807) is 11.3 Å². The van der Waals surface area contributed by atoms with Crippen molar-refractivity contribution < 1.29 is 23.0 Å². The Balaban J connectivity index is 1.38. The van der Waals surface area contributed by atoms with Crippen LogP contribution in [0, 0.1) is 0 Å². The largest absolute Gasteiger partial charge is 0.586 e. The van der Waals surface area contributed by atoms with Gasteiger partial charge in [0.2, 0.25) is 5.91 Å². The van der Waals surface area contributed by atoms with Crippen molar-refractivity contribution in [1.82, 2.24) is 4.98 Å². The van der Waals surface area contributed by atoms with E-state index in [0.717, 1.165) is 15.2 Å². The molecule has 128 valence electrons. The monoisotopic (exact) mass is 362 g/mol. The minimum atomic E-state index is -3.67. The molecule has 1 aliphatic rings. The average molecular weight is 362 g/mol.